The summed E-state index contributed by atoms with van der Waals surface area (Å²) in [5, 5.41) is 11.1. The standard InChI is InChI=1S/C26H41O3.2Li.H2O/c27-17-18-1-3-19(4-2-18)20-5-7-21(8-6-20)22-9-11-23(12-10-22)24-13-15-25(16-14-24)26(28)29;;;/h18-25H,1-16H2,(H,28,29);;;1H2/q-1;2*+1;/p-2. The maximum Gasteiger partial charge on any atom is 1.00 e. The van der Waals surface area contributed by atoms with Gasteiger partial charge in [-0.3, -0.25) is 6.29 Å². The van der Waals surface area contributed by atoms with E-state index < -0.39 is 5.97 Å². The Labute approximate surface area is 219 Å². The minimum atomic E-state index is -0.821. The number of aliphatic carboxylic acids is 1. The molecule has 32 heavy (non-hydrogen) atoms. The van der Waals surface area contributed by atoms with Crippen molar-refractivity contribution in [3.05, 3.63) is 0 Å². The van der Waals surface area contributed by atoms with Crippen LogP contribution in [0, 0.1) is 47.3 Å². The summed E-state index contributed by atoms with van der Waals surface area (Å²) < 4.78 is 0. The van der Waals surface area contributed by atoms with Crippen molar-refractivity contribution in [1.29, 1.82) is 0 Å². The van der Waals surface area contributed by atoms with Crippen LogP contribution >= 0.6 is 0 Å². The maximum absolute atomic E-state index is 11.1. The van der Waals surface area contributed by atoms with Crippen molar-refractivity contribution in [2.45, 2.75) is 103 Å². The van der Waals surface area contributed by atoms with Gasteiger partial charge in [-0.05, 0) is 118 Å². The maximum atomic E-state index is 11.1. The number of hydrogen-bond donors (Lipinski definition) is 0. The van der Waals surface area contributed by atoms with Crippen LogP contribution in [-0.4, -0.2) is 17.7 Å². The summed E-state index contributed by atoms with van der Waals surface area (Å²) >= 11 is 0. The van der Waals surface area contributed by atoms with Crippen LogP contribution in [0.15, 0.2) is 0 Å². The number of carbonyl (C=O) groups is 1. The molecule has 0 aromatic heterocycles. The van der Waals surface area contributed by atoms with Gasteiger partial charge < -0.3 is 20.2 Å². The Morgan fingerprint density at radius 3 is 1.03 bits per heavy atom. The topological polar surface area (TPSA) is 87.2 Å². The van der Waals surface area contributed by atoms with E-state index in [1.165, 1.54) is 64.2 Å². The van der Waals surface area contributed by atoms with Gasteiger partial charge in [0.1, 0.15) is 0 Å². The Hall–Kier alpha value is 0.295. The van der Waals surface area contributed by atoms with Gasteiger partial charge >= 0.3 is 37.7 Å². The van der Waals surface area contributed by atoms with E-state index in [2.05, 4.69) is 6.29 Å². The van der Waals surface area contributed by atoms with Crippen molar-refractivity contribution in [3.63, 3.8) is 0 Å². The van der Waals surface area contributed by atoms with E-state index in [1.807, 2.05) is 0 Å². The van der Waals surface area contributed by atoms with Crippen LogP contribution in [0.4, 0.5) is 0 Å². The molecule has 0 heterocycles. The molecule has 0 spiro atoms. The molecule has 0 aliphatic heterocycles. The Morgan fingerprint density at radius 1 is 0.531 bits per heavy atom. The average molecular weight is 431 g/mol. The number of rotatable bonds is 5. The van der Waals surface area contributed by atoms with Crippen molar-refractivity contribution in [1.82, 2.24) is 0 Å². The Balaban J connectivity index is 0.00000171. The van der Waals surface area contributed by atoms with Gasteiger partial charge in [-0.25, -0.2) is 0 Å². The third-order valence-corrected chi connectivity index (χ3v) is 9.68. The van der Waals surface area contributed by atoms with E-state index >= 15 is 0 Å². The number of carboxylic acids is 1. The van der Waals surface area contributed by atoms with Crippen molar-refractivity contribution in [2.75, 3.05) is 0 Å². The molecule has 0 aromatic rings. The Bertz CT molecular complexity index is 540. The molecule has 4 saturated carbocycles. The molecular formula is C26H41Li2O4-. The van der Waals surface area contributed by atoms with Gasteiger partial charge in [0.15, 0.2) is 0 Å². The van der Waals surface area contributed by atoms with Crippen molar-refractivity contribution >= 4 is 12.3 Å². The van der Waals surface area contributed by atoms with Crippen LogP contribution < -0.4 is 42.8 Å². The first kappa shape index (κ1) is 30.3. The Morgan fingerprint density at radius 2 is 0.781 bits per heavy atom. The third kappa shape index (κ3) is 7.65. The zero-order valence-corrected chi connectivity index (χ0v) is 20.6. The number of carbonyl (C=O) groups excluding carboxylic acids is 2. The smallest absolute Gasteiger partial charge is 0.870 e. The normalized spacial score (nSPS) is 40.0. The molecule has 4 aliphatic rings. The first-order valence-electron chi connectivity index (χ1n) is 12.7. The first-order valence-corrected chi connectivity index (χ1v) is 12.7. The average Bonchev–Trinajstić information content (AvgIpc) is 2.79. The molecule has 0 unspecified atom stereocenters. The summed E-state index contributed by atoms with van der Waals surface area (Å²) in [5.74, 6) is 4.58. The molecule has 4 aliphatic carbocycles. The van der Waals surface area contributed by atoms with Crippen LogP contribution in [0.1, 0.15) is 103 Å². The molecular weight excluding hydrogens is 390 g/mol. The van der Waals surface area contributed by atoms with E-state index in [1.54, 1.807) is 0 Å². The zero-order valence-electron chi connectivity index (χ0n) is 20.6. The van der Waals surface area contributed by atoms with Crippen LogP contribution in [0.2, 0.25) is 0 Å². The molecule has 0 aromatic carbocycles. The Kier molecular flexibility index (Phi) is 13.9. The van der Waals surface area contributed by atoms with Gasteiger partial charge in [0, 0.05) is 5.97 Å². The molecule has 0 amide bonds. The molecule has 0 radical (unpaired) electrons. The van der Waals surface area contributed by atoms with Crippen LogP contribution in [0.5, 0.6) is 0 Å². The van der Waals surface area contributed by atoms with Gasteiger partial charge in [-0.2, -0.15) is 0 Å². The molecule has 1 N–H and O–H groups in total. The zero-order chi connectivity index (χ0) is 20.2. The fraction of sp³-hybridized carbons (Fsp3) is 0.923. The summed E-state index contributed by atoms with van der Waals surface area (Å²) in [5.41, 5.74) is 0. The van der Waals surface area contributed by atoms with E-state index in [9.17, 15) is 14.7 Å². The quantitative estimate of drug-likeness (QED) is 0.409. The number of hydrogen-bond acceptors (Lipinski definition) is 4. The van der Waals surface area contributed by atoms with Crippen molar-refractivity contribution in [3.8, 4) is 0 Å². The molecule has 172 valence electrons. The van der Waals surface area contributed by atoms with Crippen LogP contribution in [0.3, 0.4) is 0 Å². The molecule has 0 atom stereocenters. The molecule has 4 rings (SSSR count). The fourth-order valence-electron chi connectivity index (χ4n) is 7.71. The molecule has 4 fully saturated rings. The number of carboxylic acid groups (broad SMARTS) is 1. The fourth-order valence-corrected chi connectivity index (χ4v) is 7.71. The first-order chi connectivity index (χ1) is 14.1. The third-order valence-electron chi connectivity index (χ3n) is 9.68. The van der Waals surface area contributed by atoms with Gasteiger partial charge in [-0.15, -0.1) is 5.92 Å². The van der Waals surface area contributed by atoms with Gasteiger partial charge in [0.2, 0.25) is 0 Å². The summed E-state index contributed by atoms with van der Waals surface area (Å²) in [4.78, 5) is 22.0. The van der Waals surface area contributed by atoms with Crippen LogP contribution in [0.25, 0.3) is 0 Å². The monoisotopic (exact) mass is 431 g/mol. The second kappa shape index (κ2) is 14.6. The van der Waals surface area contributed by atoms with Crippen LogP contribution in [-0.2, 0) is 9.59 Å². The predicted octanol–water partition coefficient (Wildman–Crippen LogP) is -1.10. The predicted molar refractivity (Wildman–Crippen MR) is 114 cm³/mol. The summed E-state index contributed by atoms with van der Waals surface area (Å²) in [6.45, 7) is 0. The molecule has 0 saturated heterocycles. The second-order valence-electron chi connectivity index (χ2n) is 11.0. The van der Waals surface area contributed by atoms with Gasteiger partial charge in [0.25, 0.3) is 0 Å². The van der Waals surface area contributed by atoms with E-state index in [0.29, 0.717) is 0 Å². The second-order valence-corrected chi connectivity index (χ2v) is 11.0. The SMILES string of the molecule is O=[C-]C1CCC(C2CCC(C3CCC(C4CCC(C(=O)[O-])CC4)CC3)CC2)CC1.[Li+].[Li+].[OH-]. The minimum Gasteiger partial charge on any atom is -0.870 e. The van der Waals surface area contributed by atoms with E-state index in [4.69, 9.17) is 0 Å². The van der Waals surface area contributed by atoms with Gasteiger partial charge in [0.05, 0.1) is 0 Å². The van der Waals surface area contributed by atoms with Crippen molar-refractivity contribution in [2.24, 2.45) is 47.3 Å². The summed E-state index contributed by atoms with van der Waals surface area (Å²) in [6.07, 6.45) is 22.2. The van der Waals surface area contributed by atoms with Crippen molar-refractivity contribution < 1.29 is 57.9 Å². The minimum absolute atomic E-state index is 0. The van der Waals surface area contributed by atoms with E-state index in [0.717, 1.165) is 74.0 Å². The summed E-state index contributed by atoms with van der Waals surface area (Å²) in [7, 11) is 0. The van der Waals surface area contributed by atoms with E-state index in [-0.39, 0.29) is 55.0 Å². The molecule has 4 nitrogen and oxygen atoms in total. The largest absolute Gasteiger partial charge is 1.00 e. The molecule has 6 heteroatoms. The summed E-state index contributed by atoms with van der Waals surface area (Å²) in [6, 6.07) is 0. The van der Waals surface area contributed by atoms with Gasteiger partial charge in [-0.1, -0.05) is 25.7 Å². The molecule has 0 bridgehead atoms.